The number of hydrogen-bond acceptors (Lipinski definition) is 5. The average molecular weight is 319 g/mol. The van der Waals surface area contributed by atoms with Crippen molar-refractivity contribution in [2.75, 3.05) is 33.1 Å². The molecule has 0 radical (unpaired) electrons. The zero-order chi connectivity index (χ0) is 15.9. The van der Waals surface area contributed by atoms with Crippen LogP contribution in [0, 0.1) is 0 Å². The average Bonchev–Trinajstić information content (AvgIpc) is 3.00. The number of fused-ring (bicyclic) bond motifs is 1. The van der Waals surface area contributed by atoms with Gasteiger partial charge in [0.25, 0.3) is 5.91 Å². The van der Waals surface area contributed by atoms with Crippen LogP contribution < -0.4 is 9.47 Å². The molecule has 1 aromatic rings. The predicted molar refractivity (Wildman–Crippen MR) is 81.8 cm³/mol. The lowest BCUT2D eigenvalue weighted by Gasteiger charge is -2.53. The summed E-state index contributed by atoms with van der Waals surface area (Å²) in [6.07, 6.45) is 2.05. The van der Waals surface area contributed by atoms with Gasteiger partial charge < -0.3 is 23.8 Å². The van der Waals surface area contributed by atoms with Gasteiger partial charge in [-0.3, -0.25) is 4.79 Å². The number of amides is 1. The van der Waals surface area contributed by atoms with Crippen molar-refractivity contribution < 1.29 is 23.7 Å². The molecule has 1 amide bonds. The Bertz CT molecular complexity index is 609. The fourth-order valence-electron chi connectivity index (χ4n) is 3.59. The summed E-state index contributed by atoms with van der Waals surface area (Å²) in [6.45, 7) is 4.91. The van der Waals surface area contributed by atoms with Crippen LogP contribution in [0.1, 0.15) is 30.1 Å². The molecule has 2 saturated heterocycles. The maximum atomic E-state index is 12.6. The molecule has 2 fully saturated rings. The SMILES string of the molecule is CCOC1CCOC2(C1)CN(C(=O)c1ccc3c(c1)OCO3)C2. The van der Waals surface area contributed by atoms with Crippen molar-refractivity contribution in [3.05, 3.63) is 23.8 Å². The molecule has 1 aromatic carbocycles. The number of benzene rings is 1. The molecule has 4 rings (SSSR count). The highest BCUT2D eigenvalue weighted by molar-refractivity contribution is 5.95. The molecule has 6 nitrogen and oxygen atoms in total. The lowest BCUT2D eigenvalue weighted by Crippen LogP contribution is -2.67. The molecular weight excluding hydrogens is 298 g/mol. The molecule has 3 aliphatic rings. The van der Waals surface area contributed by atoms with Crippen LogP contribution >= 0.6 is 0 Å². The Morgan fingerprint density at radius 2 is 2.17 bits per heavy atom. The lowest BCUT2D eigenvalue weighted by molar-refractivity contribution is -0.185. The molecule has 0 bridgehead atoms. The van der Waals surface area contributed by atoms with Crippen molar-refractivity contribution in [2.45, 2.75) is 31.5 Å². The molecule has 3 aliphatic heterocycles. The van der Waals surface area contributed by atoms with Crippen molar-refractivity contribution in [1.29, 1.82) is 0 Å². The van der Waals surface area contributed by atoms with E-state index in [-0.39, 0.29) is 24.4 Å². The van der Waals surface area contributed by atoms with E-state index in [9.17, 15) is 4.79 Å². The van der Waals surface area contributed by atoms with Crippen LogP contribution in [0.15, 0.2) is 18.2 Å². The monoisotopic (exact) mass is 319 g/mol. The lowest BCUT2D eigenvalue weighted by atomic mass is 9.84. The summed E-state index contributed by atoms with van der Waals surface area (Å²) >= 11 is 0. The highest BCUT2D eigenvalue weighted by Crippen LogP contribution is 2.37. The minimum absolute atomic E-state index is 0.0102. The van der Waals surface area contributed by atoms with Crippen molar-refractivity contribution in [2.24, 2.45) is 0 Å². The molecule has 1 unspecified atom stereocenters. The van der Waals surface area contributed by atoms with Gasteiger partial charge in [0.05, 0.1) is 19.2 Å². The maximum absolute atomic E-state index is 12.6. The van der Waals surface area contributed by atoms with Crippen molar-refractivity contribution >= 4 is 5.91 Å². The zero-order valence-electron chi connectivity index (χ0n) is 13.2. The summed E-state index contributed by atoms with van der Waals surface area (Å²) < 4.78 is 22.3. The van der Waals surface area contributed by atoms with Gasteiger partial charge in [-0.25, -0.2) is 0 Å². The molecule has 1 atom stereocenters. The summed E-state index contributed by atoms with van der Waals surface area (Å²) in [4.78, 5) is 14.4. The Hall–Kier alpha value is -1.79. The van der Waals surface area contributed by atoms with Crippen LogP contribution in [-0.4, -0.2) is 55.6 Å². The number of rotatable bonds is 3. The molecule has 6 heteroatoms. The van der Waals surface area contributed by atoms with Crippen molar-refractivity contribution in [3.8, 4) is 11.5 Å². The van der Waals surface area contributed by atoms with E-state index < -0.39 is 0 Å². The summed E-state index contributed by atoms with van der Waals surface area (Å²) in [6, 6.07) is 5.32. The number of ether oxygens (including phenoxy) is 4. The topological polar surface area (TPSA) is 57.2 Å². The molecule has 3 heterocycles. The first-order valence-electron chi connectivity index (χ1n) is 8.14. The Labute approximate surface area is 135 Å². The molecule has 0 aromatic heterocycles. The van der Waals surface area contributed by atoms with Crippen LogP contribution in [0.5, 0.6) is 11.5 Å². The maximum Gasteiger partial charge on any atom is 0.254 e. The summed E-state index contributed by atoms with van der Waals surface area (Å²) in [5.41, 5.74) is 0.408. The normalized spacial score (nSPS) is 24.6. The Balaban J connectivity index is 1.40. The zero-order valence-corrected chi connectivity index (χ0v) is 13.2. The van der Waals surface area contributed by atoms with Crippen molar-refractivity contribution in [3.63, 3.8) is 0 Å². The number of carbonyl (C=O) groups is 1. The molecule has 0 N–H and O–H groups in total. The highest BCUT2D eigenvalue weighted by Gasteiger charge is 2.49. The first kappa shape index (κ1) is 14.8. The molecular formula is C17H21NO5. The first-order valence-corrected chi connectivity index (χ1v) is 8.14. The second-order valence-electron chi connectivity index (χ2n) is 6.33. The molecule has 0 saturated carbocycles. The Morgan fingerprint density at radius 3 is 3.00 bits per heavy atom. The number of likely N-dealkylation sites (tertiary alicyclic amines) is 1. The van der Waals surface area contributed by atoms with Gasteiger partial charge >= 0.3 is 0 Å². The van der Waals surface area contributed by atoms with E-state index in [1.165, 1.54) is 0 Å². The summed E-state index contributed by atoms with van der Waals surface area (Å²) in [5, 5.41) is 0. The highest BCUT2D eigenvalue weighted by atomic mass is 16.7. The third-order valence-electron chi connectivity index (χ3n) is 4.71. The van der Waals surface area contributed by atoms with Gasteiger partial charge in [0.2, 0.25) is 6.79 Å². The van der Waals surface area contributed by atoms with Gasteiger partial charge in [-0.2, -0.15) is 0 Å². The van der Waals surface area contributed by atoms with Gasteiger partial charge in [0.1, 0.15) is 5.60 Å². The second kappa shape index (κ2) is 5.69. The van der Waals surface area contributed by atoms with E-state index in [2.05, 4.69) is 0 Å². The second-order valence-corrected chi connectivity index (χ2v) is 6.33. The van der Waals surface area contributed by atoms with Gasteiger partial charge in [0.15, 0.2) is 11.5 Å². The van der Waals surface area contributed by atoms with Crippen LogP contribution in [0.25, 0.3) is 0 Å². The number of nitrogens with zero attached hydrogens (tertiary/aromatic N) is 1. The van der Waals surface area contributed by atoms with Gasteiger partial charge in [-0.15, -0.1) is 0 Å². The van der Waals surface area contributed by atoms with Crippen LogP contribution in [0.2, 0.25) is 0 Å². The largest absolute Gasteiger partial charge is 0.454 e. The quantitative estimate of drug-likeness (QED) is 0.851. The Kier molecular flexibility index (Phi) is 3.66. The minimum Gasteiger partial charge on any atom is -0.454 e. The first-order chi connectivity index (χ1) is 11.2. The summed E-state index contributed by atoms with van der Waals surface area (Å²) in [5.74, 6) is 1.34. The molecule has 1 spiro atoms. The minimum atomic E-state index is -0.218. The van der Waals surface area contributed by atoms with E-state index in [0.717, 1.165) is 19.4 Å². The van der Waals surface area contributed by atoms with E-state index >= 15 is 0 Å². The number of carbonyl (C=O) groups excluding carboxylic acids is 1. The van der Waals surface area contributed by atoms with Crippen molar-refractivity contribution in [1.82, 2.24) is 4.90 Å². The van der Waals surface area contributed by atoms with Gasteiger partial charge in [-0.1, -0.05) is 0 Å². The van der Waals surface area contributed by atoms with Gasteiger partial charge in [-0.05, 0) is 31.5 Å². The molecule has 23 heavy (non-hydrogen) atoms. The fourth-order valence-corrected chi connectivity index (χ4v) is 3.59. The molecule has 0 aliphatic carbocycles. The Morgan fingerprint density at radius 1 is 1.35 bits per heavy atom. The third kappa shape index (κ3) is 2.66. The van der Waals surface area contributed by atoms with Gasteiger partial charge in [0, 0.05) is 25.2 Å². The van der Waals surface area contributed by atoms with Crippen LogP contribution in [-0.2, 0) is 9.47 Å². The van der Waals surface area contributed by atoms with Crippen LogP contribution in [0.3, 0.4) is 0 Å². The molecule has 124 valence electrons. The fraction of sp³-hybridized carbons (Fsp3) is 0.588. The number of hydrogen-bond donors (Lipinski definition) is 0. The third-order valence-corrected chi connectivity index (χ3v) is 4.71. The van der Waals surface area contributed by atoms with E-state index in [0.29, 0.717) is 36.8 Å². The van der Waals surface area contributed by atoms with E-state index in [1.807, 2.05) is 11.8 Å². The standard InChI is InChI=1S/C17H21NO5/c1-2-20-13-5-6-23-17(8-13)9-18(10-17)16(19)12-3-4-14-15(7-12)22-11-21-14/h3-4,7,13H,2,5-6,8-11H2,1H3. The van der Waals surface area contributed by atoms with E-state index in [4.69, 9.17) is 18.9 Å². The van der Waals surface area contributed by atoms with Crippen LogP contribution in [0.4, 0.5) is 0 Å². The smallest absolute Gasteiger partial charge is 0.254 e. The summed E-state index contributed by atoms with van der Waals surface area (Å²) in [7, 11) is 0. The van der Waals surface area contributed by atoms with E-state index in [1.54, 1.807) is 18.2 Å². The predicted octanol–water partition coefficient (Wildman–Crippen LogP) is 1.83.